The molecule has 0 radical (unpaired) electrons. The molecule has 0 fully saturated rings. The second-order valence-electron chi connectivity index (χ2n) is 19.8. The third-order valence-electron chi connectivity index (χ3n) is 12.3. The molecule has 8 aromatic rings. The van der Waals surface area contributed by atoms with Gasteiger partial charge in [0, 0.05) is 73.7 Å². The van der Waals surface area contributed by atoms with Crippen molar-refractivity contribution in [2.45, 2.75) is 79.8 Å². The van der Waals surface area contributed by atoms with Gasteiger partial charge in [-0.2, -0.15) is 0 Å². The van der Waals surface area contributed by atoms with E-state index in [0.29, 0.717) is 0 Å². The van der Waals surface area contributed by atoms with Crippen molar-refractivity contribution in [1.82, 2.24) is 0 Å². The van der Waals surface area contributed by atoms with Gasteiger partial charge in [0.1, 0.15) is 0 Å². The van der Waals surface area contributed by atoms with Crippen molar-refractivity contribution >= 4 is 45.5 Å². The van der Waals surface area contributed by atoms with Crippen molar-refractivity contribution in [1.29, 1.82) is 0 Å². The Morgan fingerprint density at radius 3 is 0.710 bits per heavy atom. The summed E-state index contributed by atoms with van der Waals surface area (Å²) in [5.74, 6) is 0. The highest BCUT2D eigenvalue weighted by Gasteiger charge is 2.16. The monoisotopic (exact) mass is 917 g/mol. The topological polar surface area (TPSA) is 33.2 Å². The largest absolute Gasteiger partial charge is 0.392 e. The van der Waals surface area contributed by atoms with Gasteiger partial charge in [0.15, 0.2) is 0 Å². The lowest BCUT2D eigenvalue weighted by Crippen LogP contribution is -2.14. The molecule has 0 unspecified atom stereocenters. The molecule has 5 nitrogen and oxygen atoms in total. The summed E-state index contributed by atoms with van der Waals surface area (Å²) in [7, 11) is 8.33. The molecule has 8 rings (SSSR count). The maximum Gasteiger partial charge on any atom is 0.0681 e. The number of para-hydroxylation sites is 2. The number of nitrogens with zero attached hydrogens (tertiary/aromatic N) is 4. The summed E-state index contributed by atoms with van der Waals surface area (Å²) < 4.78 is 0. The van der Waals surface area contributed by atoms with Gasteiger partial charge in [0.05, 0.1) is 6.61 Å². The van der Waals surface area contributed by atoms with Gasteiger partial charge in [0.25, 0.3) is 0 Å². The zero-order valence-electron chi connectivity index (χ0n) is 43.6. The number of anilines is 8. The fourth-order valence-electron chi connectivity index (χ4n) is 7.40. The highest BCUT2D eigenvalue weighted by Crippen LogP contribution is 2.31. The molecule has 8 aromatic carbocycles. The second kappa shape index (κ2) is 24.8. The lowest BCUT2D eigenvalue weighted by atomic mass is 9.87. The van der Waals surface area contributed by atoms with Crippen LogP contribution in [0, 0.1) is 20.8 Å². The van der Waals surface area contributed by atoms with Crippen molar-refractivity contribution in [2.24, 2.45) is 0 Å². The quantitative estimate of drug-likeness (QED) is 0.156. The fraction of sp³-hybridized carbons (Fsp3) is 0.250. The van der Waals surface area contributed by atoms with Crippen LogP contribution in [0.1, 0.15) is 74.9 Å². The Morgan fingerprint density at radius 1 is 0.290 bits per heavy atom. The van der Waals surface area contributed by atoms with Crippen LogP contribution in [0.25, 0.3) is 0 Å². The lowest BCUT2D eigenvalue weighted by Gasteiger charge is -2.24. The molecule has 0 aliphatic rings. The summed E-state index contributed by atoms with van der Waals surface area (Å²) in [5, 5.41) is 9.00. The molecule has 0 aliphatic heterocycles. The molecule has 0 aliphatic carbocycles. The van der Waals surface area contributed by atoms with Gasteiger partial charge in [-0.15, -0.1) is 0 Å². The summed E-state index contributed by atoms with van der Waals surface area (Å²) in [4.78, 5) is 8.72. The number of aryl methyl sites for hydroxylation is 3. The Kier molecular flexibility index (Phi) is 19.0. The van der Waals surface area contributed by atoms with Crippen molar-refractivity contribution < 1.29 is 5.11 Å². The molecule has 0 atom stereocenters. The van der Waals surface area contributed by atoms with E-state index in [0.717, 1.165) is 16.9 Å². The summed E-state index contributed by atoms with van der Waals surface area (Å²) in [6.07, 6.45) is 0. The highest BCUT2D eigenvalue weighted by atomic mass is 16.3. The van der Waals surface area contributed by atoms with Crippen molar-refractivity contribution in [2.75, 3.05) is 47.8 Å². The van der Waals surface area contributed by atoms with E-state index in [-0.39, 0.29) is 17.4 Å². The molecule has 0 spiro atoms. The average Bonchev–Trinajstić information content (AvgIpc) is 3.37. The molecule has 0 heterocycles. The first-order valence-electron chi connectivity index (χ1n) is 24.0. The number of hydrogen-bond donors (Lipinski definition) is 1. The molecule has 0 saturated carbocycles. The van der Waals surface area contributed by atoms with Crippen LogP contribution in [0.3, 0.4) is 0 Å². The predicted octanol–water partition coefficient (Wildman–Crippen LogP) is 16.8. The maximum atomic E-state index is 9.00. The number of rotatable bonds is 9. The Labute approximate surface area is 416 Å². The smallest absolute Gasteiger partial charge is 0.0681 e. The Morgan fingerprint density at radius 2 is 0.493 bits per heavy atom. The molecule has 0 bridgehead atoms. The van der Waals surface area contributed by atoms with Crippen LogP contribution in [-0.2, 0) is 17.4 Å². The Hall–Kier alpha value is -7.08. The Bertz CT molecular complexity index is 2540. The number of aliphatic hydroxyl groups excluding tert-OH is 1. The van der Waals surface area contributed by atoms with E-state index in [4.69, 9.17) is 5.11 Å². The van der Waals surface area contributed by atoms with Crippen LogP contribution in [0.5, 0.6) is 0 Å². The molecular weight excluding hydrogens is 841 g/mol. The van der Waals surface area contributed by atoms with Crippen LogP contribution in [0.4, 0.5) is 45.5 Å². The van der Waals surface area contributed by atoms with E-state index in [1.807, 2.05) is 43.4 Å². The van der Waals surface area contributed by atoms with E-state index in [9.17, 15) is 0 Å². The molecule has 0 aromatic heterocycles. The first-order chi connectivity index (χ1) is 32.8. The van der Waals surface area contributed by atoms with Crippen molar-refractivity contribution in [3.63, 3.8) is 0 Å². The van der Waals surface area contributed by atoms with Crippen LogP contribution < -0.4 is 19.6 Å². The van der Waals surface area contributed by atoms with E-state index in [1.54, 1.807) is 0 Å². The third-order valence-corrected chi connectivity index (χ3v) is 12.3. The normalized spacial score (nSPS) is 10.8. The van der Waals surface area contributed by atoms with Crippen molar-refractivity contribution in [3.05, 3.63) is 240 Å². The molecule has 0 amide bonds. The van der Waals surface area contributed by atoms with Gasteiger partial charge in [-0.05, 0) is 145 Å². The summed E-state index contributed by atoms with van der Waals surface area (Å²) in [6, 6.07) is 71.9. The molecule has 0 saturated heterocycles. The zero-order chi connectivity index (χ0) is 50.1. The molecule has 358 valence electrons. The first kappa shape index (κ1) is 52.9. The molecule has 69 heavy (non-hydrogen) atoms. The van der Waals surface area contributed by atoms with Crippen LogP contribution >= 0.6 is 0 Å². The summed E-state index contributed by atoms with van der Waals surface area (Å²) in [6.45, 7) is 19.9. The minimum atomic E-state index is 0.0918. The molecule has 1 N–H and O–H groups in total. The minimum Gasteiger partial charge on any atom is -0.392 e. The van der Waals surface area contributed by atoms with Crippen molar-refractivity contribution in [3.8, 4) is 0 Å². The lowest BCUT2D eigenvalue weighted by molar-refractivity contribution is 0.282. The second-order valence-corrected chi connectivity index (χ2v) is 19.8. The van der Waals surface area contributed by atoms with Gasteiger partial charge >= 0.3 is 0 Å². The third kappa shape index (κ3) is 16.0. The average molecular weight is 917 g/mol. The first-order valence-corrected chi connectivity index (χ1v) is 24.0. The number of aliphatic hydroxyl groups is 1. The van der Waals surface area contributed by atoms with Crippen LogP contribution in [-0.4, -0.2) is 33.3 Å². The van der Waals surface area contributed by atoms with Gasteiger partial charge in [-0.1, -0.05) is 167 Å². The van der Waals surface area contributed by atoms with Crippen LogP contribution in [0.2, 0.25) is 0 Å². The SMILES string of the molecule is CN(c1ccc(C(C)(C)C)cc1)c1ccc(C(C)(C)C)cc1.CN(c1ccccc1)c1ccccc1.Cc1ccc(N(C)c2ccc(C)cc2)cc1.Cc1ccc(N(C)c2ccc(CO)cc2)cc1. The highest BCUT2D eigenvalue weighted by molar-refractivity contribution is 5.66. The zero-order valence-corrected chi connectivity index (χ0v) is 43.6. The number of benzene rings is 8. The minimum absolute atomic E-state index is 0.0918. The van der Waals surface area contributed by atoms with E-state index in [2.05, 4.69) is 273 Å². The van der Waals surface area contributed by atoms with E-state index >= 15 is 0 Å². The summed E-state index contributed by atoms with van der Waals surface area (Å²) in [5.41, 5.74) is 17.5. The maximum absolute atomic E-state index is 9.00. The fourth-order valence-corrected chi connectivity index (χ4v) is 7.40. The van der Waals surface area contributed by atoms with E-state index in [1.165, 1.54) is 61.9 Å². The van der Waals surface area contributed by atoms with Gasteiger partial charge in [-0.25, -0.2) is 0 Å². The molecular formula is C64H76N4O. The summed E-state index contributed by atoms with van der Waals surface area (Å²) >= 11 is 0. The molecule has 5 heteroatoms. The van der Waals surface area contributed by atoms with Gasteiger partial charge < -0.3 is 24.7 Å². The number of hydrogen-bond acceptors (Lipinski definition) is 5. The predicted molar refractivity (Wildman–Crippen MR) is 301 cm³/mol. The van der Waals surface area contributed by atoms with Crippen LogP contribution in [0.15, 0.2) is 206 Å². The van der Waals surface area contributed by atoms with Gasteiger partial charge in [-0.3, -0.25) is 0 Å². The standard InChI is InChI=1S/C21H29N.C15H17NO.C15H17N.C13H13N/c1-20(2,3)16-8-12-18(13-9-16)22(7)19-14-10-17(11-15-19)21(4,5)6;1-12-3-7-14(8-4-12)16(2)15-9-5-13(11-17)6-10-15;1-12-4-8-14(9-5-12)16(3)15-10-6-13(2)7-11-15;1-14(12-8-4-2-5-9-12)13-10-6-3-7-11-13/h8-15H,1-7H3;3-10,17H,11H2,1-2H3;4-11H,1-3H3;2-11H,1H3. The van der Waals surface area contributed by atoms with E-state index < -0.39 is 0 Å². The van der Waals surface area contributed by atoms with Gasteiger partial charge in [0.2, 0.25) is 0 Å². The Balaban J connectivity index is 0.000000174.